The summed E-state index contributed by atoms with van der Waals surface area (Å²) in [5, 5.41) is 0. The van der Waals surface area contributed by atoms with Gasteiger partial charge >= 0.3 is 0 Å². The van der Waals surface area contributed by atoms with Crippen LogP contribution < -0.4 is 10.5 Å². The fourth-order valence-corrected chi connectivity index (χ4v) is 3.93. The van der Waals surface area contributed by atoms with Gasteiger partial charge in [-0.3, -0.25) is 0 Å². The number of nitrogen functional groups attached to an aromatic ring is 1. The Morgan fingerprint density at radius 1 is 1.04 bits per heavy atom. The zero-order valence-electron chi connectivity index (χ0n) is 15.0. The largest absolute Gasteiger partial charge is 0.463 e. The van der Waals surface area contributed by atoms with E-state index in [-0.39, 0.29) is 0 Å². The molecular formula is C21H25N3O. The van der Waals surface area contributed by atoms with E-state index in [4.69, 9.17) is 15.5 Å². The normalized spacial score (nSPS) is 19.7. The van der Waals surface area contributed by atoms with Gasteiger partial charge in [-0.05, 0) is 44.2 Å². The molecule has 4 rings (SSSR count). The van der Waals surface area contributed by atoms with E-state index >= 15 is 0 Å². The number of benzene rings is 1. The molecule has 2 aliphatic rings. The molecule has 0 atom stereocenters. The number of rotatable bonds is 2. The smallest absolute Gasteiger partial charge is 0.243 e. The Morgan fingerprint density at radius 2 is 1.76 bits per heavy atom. The van der Waals surface area contributed by atoms with Crippen LogP contribution in [0.4, 0.5) is 11.4 Å². The van der Waals surface area contributed by atoms with Gasteiger partial charge in [0, 0.05) is 11.8 Å². The first-order valence-corrected chi connectivity index (χ1v) is 9.17. The summed E-state index contributed by atoms with van der Waals surface area (Å²) in [7, 11) is 0. The second-order valence-electron chi connectivity index (χ2n) is 7.58. The van der Waals surface area contributed by atoms with Crippen molar-refractivity contribution in [2.75, 3.05) is 5.73 Å². The van der Waals surface area contributed by atoms with Crippen LogP contribution in [0.5, 0.6) is 5.88 Å². The van der Waals surface area contributed by atoms with Crippen molar-refractivity contribution in [1.82, 2.24) is 4.98 Å². The lowest BCUT2D eigenvalue weighted by molar-refractivity contribution is 0.171. The molecule has 1 aromatic heterocycles. The molecule has 0 bridgehead atoms. The van der Waals surface area contributed by atoms with Gasteiger partial charge in [-0.25, -0.2) is 9.98 Å². The van der Waals surface area contributed by atoms with Gasteiger partial charge < -0.3 is 10.5 Å². The SMILES string of the molecule is CC1(C)Oc2nccc(N)c2N=C1c1ccc(C2CCCCC2)cc1. The molecule has 1 aliphatic carbocycles. The molecule has 1 fully saturated rings. The number of ether oxygens (including phenoxy) is 1. The number of aliphatic imine (C=N–C) groups is 1. The highest BCUT2D eigenvalue weighted by atomic mass is 16.5. The minimum absolute atomic E-state index is 0.507. The average molecular weight is 335 g/mol. The minimum atomic E-state index is -0.542. The van der Waals surface area contributed by atoms with Crippen molar-refractivity contribution < 1.29 is 4.74 Å². The van der Waals surface area contributed by atoms with Crippen molar-refractivity contribution in [3.8, 4) is 5.88 Å². The molecule has 1 aliphatic heterocycles. The van der Waals surface area contributed by atoms with Crippen LogP contribution >= 0.6 is 0 Å². The molecule has 25 heavy (non-hydrogen) atoms. The summed E-state index contributed by atoms with van der Waals surface area (Å²) in [5.74, 6) is 1.22. The van der Waals surface area contributed by atoms with Crippen molar-refractivity contribution in [2.24, 2.45) is 4.99 Å². The number of hydrogen-bond acceptors (Lipinski definition) is 4. The highest BCUT2D eigenvalue weighted by Gasteiger charge is 2.34. The molecule has 1 saturated carbocycles. The second-order valence-corrected chi connectivity index (χ2v) is 7.58. The highest BCUT2D eigenvalue weighted by Crippen LogP contribution is 2.40. The quantitative estimate of drug-likeness (QED) is 0.840. The van der Waals surface area contributed by atoms with E-state index in [9.17, 15) is 0 Å². The third-order valence-corrected chi connectivity index (χ3v) is 5.33. The van der Waals surface area contributed by atoms with Crippen LogP contribution in [0.2, 0.25) is 0 Å². The molecule has 0 spiro atoms. The lowest BCUT2D eigenvalue weighted by Crippen LogP contribution is -2.41. The van der Waals surface area contributed by atoms with E-state index < -0.39 is 5.60 Å². The summed E-state index contributed by atoms with van der Waals surface area (Å²) >= 11 is 0. The van der Waals surface area contributed by atoms with E-state index in [0.717, 1.165) is 11.3 Å². The summed E-state index contributed by atoms with van der Waals surface area (Å²) in [6.45, 7) is 4.05. The van der Waals surface area contributed by atoms with E-state index in [0.29, 0.717) is 23.2 Å². The van der Waals surface area contributed by atoms with E-state index in [2.05, 4.69) is 29.2 Å². The minimum Gasteiger partial charge on any atom is -0.463 e. The van der Waals surface area contributed by atoms with Crippen molar-refractivity contribution >= 4 is 17.1 Å². The highest BCUT2D eigenvalue weighted by molar-refractivity contribution is 6.09. The average Bonchev–Trinajstić information content (AvgIpc) is 2.62. The van der Waals surface area contributed by atoms with Gasteiger partial charge in [-0.15, -0.1) is 0 Å². The van der Waals surface area contributed by atoms with Crippen LogP contribution in [-0.4, -0.2) is 16.3 Å². The Bertz CT molecular complexity index is 802. The summed E-state index contributed by atoms with van der Waals surface area (Å²) in [6.07, 6.45) is 8.36. The molecule has 4 heteroatoms. The second kappa shape index (κ2) is 6.17. The van der Waals surface area contributed by atoms with Gasteiger partial charge in [0.1, 0.15) is 11.3 Å². The molecule has 0 radical (unpaired) electrons. The monoisotopic (exact) mass is 335 g/mol. The lowest BCUT2D eigenvalue weighted by atomic mass is 9.83. The molecular weight excluding hydrogens is 310 g/mol. The number of anilines is 1. The number of hydrogen-bond donors (Lipinski definition) is 1. The maximum absolute atomic E-state index is 6.09. The third kappa shape index (κ3) is 3.01. The van der Waals surface area contributed by atoms with Gasteiger partial charge in [0.2, 0.25) is 5.88 Å². The van der Waals surface area contributed by atoms with Crippen LogP contribution in [-0.2, 0) is 0 Å². The van der Waals surface area contributed by atoms with Gasteiger partial charge in [0.25, 0.3) is 0 Å². The molecule has 2 N–H and O–H groups in total. The van der Waals surface area contributed by atoms with Gasteiger partial charge in [-0.2, -0.15) is 0 Å². The zero-order chi connectivity index (χ0) is 17.4. The van der Waals surface area contributed by atoms with E-state index in [1.807, 2.05) is 13.8 Å². The molecule has 0 unspecified atom stereocenters. The van der Waals surface area contributed by atoms with Gasteiger partial charge in [0.15, 0.2) is 0 Å². The first-order valence-electron chi connectivity index (χ1n) is 9.17. The maximum atomic E-state index is 6.09. The maximum Gasteiger partial charge on any atom is 0.243 e. The van der Waals surface area contributed by atoms with Crippen LogP contribution in [0.15, 0.2) is 41.5 Å². The number of nitrogens with two attached hydrogens (primary N) is 1. The van der Waals surface area contributed by atoms with Gasteiger partial charge in [-0.1, -0.05) is 43.5 Å². The zero-order valence-corrected chi connectivity index (χ0v) is 15.0. The van der Waals surface area contributed by atoms with E-state index in [1.54, 1.807) is 12.3 Å². The van der Waals surface area contributed by atoms with Crippen molar-refractivity contribution in [2.45, 2.75) is 57.5 Å². The predicted molar refractivity (Wildman–Crippen MR) is 102 cm³/mol. The van der Waals surface area contributed by atoms with Gasteiger partial charge in [0.05, 0.1) is 11.4 Å². The third-order valence-electron chi connectivity index (χ3n) is 5.33. The van der Waals surface area contributed by atoms with Crippen LogP contribution in [0.1, 0.15) is 63.0 Å². The van der Waals surface area contributed by atoms with Crippen molar-refractivity contribution in [3.05, 3.63) is 47.7 Å². The Kier molecular flexibility index (Phi) is 3.98. The summed E-state index contributed by atoms with van der Waals surface area (Å²) in [4.78, 5) is 9.08. The first-order chi connectivity index (χ1) is 12.0. The molecule has 4 nitrogen and oxygen atoms in total. The fraction of sp³-hybridized carbons (Fsp3) is 0.429. The predicted octanol–water partition coefficient (Wildman–Crippen LogP) is 5.00. The summed E-state index contributed by atoms with van der Waals surface area (Å²) in [6, 6.07) is 10.6. The van der Waals surface area contributed by atoms with Crippen LogP contribution in [0, 0.1) is 0 Å². The van der Waals surface area contributed by atoms with Crippen molar-refractivity contribution in [1.29, 1.82) is 0 Å². The Balaban J connectivity index is 1.69. The standard InChI is InChI=1S/C21H25N3O/c1-21(2)19(24-18-17(22)12-13-23-20(18)25-21)16-10-8-15(9-11-16)14-6-4-3-5-7-14/h8-14H,3-7H2,1-2H3,(H2,22,23). The molecule has 0 saturated heterocycles. The Labute approximate surface area is 149 Å². The molecule has 130 valence electrons. The topological polar surface area (TPSA) is 60.5 Å². The van der Waals surface area contributed by atoms with Crippen LogP contribution in [0.3, 0.4) is 0 Å². The molecule has 1 aromatic carbocycles. The summed E-state index contributed by atoms with van der Waals surface area (Å²) < 4.78 is 6.09. The number of nitrogens with zero attached hydrogens (tertiary/aromatic N) is 2. The van der Waals surface area contributed by atoms with Crippen molar-refractivity contribution in [3.63, 3.8) is 0 Å². The summed E-state index contributed by atoms with van der Waals surface area (Å²) in [5.41, 5.74) is 10.2. The Morgan fingerprint density at radius 3 is 2.48 bits per heavy atom. The fourth-order valence-electron chi connectivity index (χ4n) is 3.93. The van der Waals surface area contributed by atoms with E-state index in [1.165, 1.54) is 37.7 Å². The number of fused-ring (bicyclic) bond motifs is 1. The lowest BCUT2D eigenvalue weighted by Gasteiger charge is -2.32. The Hall–Kier alpha value is -2.36. The van der Waals surface area contributed by atoms with Crippen LogP contribution in [0.25, 0.3) is 0 Å². The number of aromatic nitrogens is 1. The first kappa shape index (κ1) is 16.1. The molecule has 0 amide bonds. The number of pyridine rings is 1. The molecule has 2 aromatic rings. The molecule has 2 heterocycles.